The number of anilines is 2. The molecule has 0 unspecified atom stereocenters. The zero-order chi connectivity index (χ0) is 11.8. The van der Waals surface area contributed by atoms with Gasteiger partial charge in [-0.2, -0.15) is 0 Å². The minimum Gasteiger partial charge on any atom is -0.355 e. The molecule has 0 fully saturated rings. The van der Waals surface area contributed by atoms with Gasteiger partial charge in [0, 0.05) is 11.4 Å². The molecule has 0 saturated heterocycles. The molecular weight excluding hydrogens is 206 g/mol. The standard InChI is InChI=1S/C16H15N/c1-11-3-7-15-13(9-11)5-6-14-10-12(2)4-8-16(14)17-15/h3-10,17H,1-2H3. The first-order chi connectivity index (χ1) is 8.22. The lowest BCUT2D eigenvalue weighted by atomic mass is 10.1. The topological polar surface area (TPSA) is 12.0 Å². The summed E-state index contributed by atoms with van der Waals surface area (Å²) in [6.45, 7) is 4.24. The van der Waals surface area contributed by atoms with Crippen LogP contribution in [0.25, 0.3) is 12.2 Å². The Bertz CT molecular complexity index is 555. The van der Waals surface area contributed by atoms with Gasteiger partial charge < -0.3 is 5.32 Å². The van der Waals surface area contributed by atoms with Gasteiger partial charge in [0.1, 0.15) is 0 Å². The normalized spacial score (nSPS) is 12.4. The van der Waals surface area contributed by atoms with E-state index in [0.717, 1.165) is 0 Å². The first kappa shape index (κ1) is 10.2. The highest BCUT2D eigenvalue weighted by Crippen LogP contribution is 2.31. The van der Waals surface area contributed by atoms with E-state index in [1.54, 1.807) is 0 Å². The average Bonchev–Trinajstić information content (AvgIpc) is 2.48. The van der Waals surface area contributed by atoms with Crippen molar-refractivity contribution in [3.8, 4) is 0 Å². The van der Waals surface area contributed by atoms with E-state index in [1.807, 2.05) is 0 Å². The average molecular weight is 221 g/mol. The molecule has 0 amide bonds. The smallest absolute Gasteiger partial charge is 0.0458 e. The third-order valence-corrected chi connectivity index (χ3v) is 3.13. The maximum absolute atomic E-state index is 3.49. The maximum atomic E-state index is 3.49. The Labute approximate surface area is 102 Å². The predicted molar refractivity (Wildman–Crippen MR) is 74.6 cm³/mol. The molecule has 1 aliphatic heterocycles. The summed E-state index contributed by atoms with van der Waals surface area (Å²) in [6, 6.07) is 13.0. The maximum Gasteiger partial charge on any atom is 0.0458 e. The fourth-order valence-electron chi connectivity index (χ4n) is 2.19. The van der Waals surface area contributed by atoms with E-state index in [2.05, 4.69) is 67.7 Å². The molecule has 0 bridgehead atoms. The quantitative estimate of drug-likeness (QED) is 0.588. The fraction of sp³-hybridized carbons (Fsp3) is 0.125. The van der Waals surface area contributed by atoms with Crippen molar-refractivity contribution >= 4 is 23.5 Å². The monoisotopic (exact) mass is 221 g/mol. The van der Waals surface area contributed by atoms with Gasteiger partial charge in [-0.05, 0) is 49.2 Å². The first-order valence-electron chi connectivity index (χ1n) is 5.89. The Morgan fingerprint density at radius 2 is 1.18 bits per heavy atom. The van der Waals surface area contributed by atoms with Crippen molar-refractivity contribution in [2.75, 3.05) is 5.32 Å². The Morgan fingerprint density at radius 3 is 1.65 bits per heavy atom. The number of rotatable bonds is 0. The van der Waals surface area contributed by atoms with Crippen molar-refractivity contribution in [3.05, 3.63) is 58.7 Å². The summed E-state index contributed by atoms with van der Waals surface area (Å²) in [6.07, 6.45) is 4.36. The van der Waals surface area contributed by atoms with Gasteiger partial charge in [0.05, 0.1) is 0 Å². The van der Waals surface area contributed by atoms with Gasteiger partial charge in [-0.25, -0.2) is 0 Å². The molecule has 2 aromatic rings. The van der Waals surface area contributed by atoms with E-state index in [4.69, 9.17) is 0 Å². The van der Waals surface area contributed by atoms with Crippen LogP contribution in [0.4, 0.5) is 11.4 Å². The molecule has 0 aliphatic carbocycles. The van der Waals surface area contributed by atoms with Gasteiger partial charge in [0.2, 0.25) is 0 Å². The number of benzene rings is 2. The third kappa shape index (κ3) is 1.84. The predicted octanol–water partition coefficient (Wildman–Crippen LogP) is 4.53. The van der Waals surface area contributed by atoms with Gasteiger partial charge in [-0.1, -0.05) is 35.4 Å². The van der Waals surface area contributed by atoms with E-state index in [9.17, 15) is 0 Å². The van der Waals surface area contributed by atoms with E-state index in [0.29, 0.717) is 0 Å². The Balaban J connectivity index is 2.16. The molecule has 1 aliphatic rings. The lowest BCUT2D eigenvalue weighted by molar-refractivity contribution is 1.42. The highest BCUT2D eigenvalue weighted by atomic mass is 14.9. The minimum atomic E-state index is 1.18. The fourth-order valence-corrected chi connectivity index (χ4v) is 2.19. The number of aryl methyl sites for hydroxylation is 2. The SMILES string of the molecule is Cc1ccc2c(c1)C=Cc1cc(C)ccc1N2. The van der Waals surface area contributed by atoms with Gasteiger partial charge in [-0.3, -0.25) is 0 Å². The van der Waals surface area contributed by atoms with Crippen LogP contribution in [0.3, 0.4) is 0 Å². The Morgan fingerprint density at radius 1 is 0.706 bits per heavy atom. The zero-order valence-corrected chi connectivity index (χ0v) is 10.1. The number of hydrogen-bond donors (Lipinski definition) is 1. The summed E-state index contributed by atoms with van der Waals surface area (Å²) >= 11 is 0. The molecule has 0 atom stereocenters. The second-order valence-corrected chi connectivity index (χ2v) is 4.64. The van der Waals surface area contributed by atoms with Crippen LogP contribution in [0.2, 0.25) is 0 Å². The van der Waals surface area contributed by atoms with Crippen molar-refractivity contribution in [2.24, 2.45) is 0 Å². The van der Waals surface area contributed by atoms with Crippen LogP contribution in [0.5, 0.6) is 0 Å². The van der Waals surface area contributed by atoms with E-state index < -0.39 is 0 Å². The number of nitrogens with one attached hydrogen (secondary N) is 1. The summed E-state index contributed by atoms with van der Waals surface area (Å²) in [4.78, 5) is 0. The summed E-state index contributed by atoms with van der Waals surface area (Å²) in [7, 11) is 0. The van der Waals surface area contributed by atoms with E-state index in [-0.39, 0.29) is 0 Å². The Hall–Kier alpha value is -2.02. The summed E-state index contributed by atoms with van der Waals surface area (Å²) in [5.41, 5.74) is 7.43. The highest BCUT2D eigenvalue weighted by Gasteiger charge is 2.08. The summed E-state index contributed by atoms with van der Waals surface area (Å²) in [5.74, 6) is 0. The van der Waals surface area contributed by atoms with Crippen LogP contribution >= 0.6 is 0 Å². The van der Waals surface area contributed by atoms with Crippen molar-refractivity contribution < 1.29 is 0 Å². The molecule has 1 N–H and O–H groups in total. The molecule has 0 spiro atoms. The minimum absolute atomic E-state index is 1.18. The van der Waals surface area contributed by atoms with Crippen molar-refractivity contribution in [1.29, 1.82) is 0 Å². The third-order valence-electron chi connectivity index (χ3n) is 3.13. The van der Waals surface area contributed by atoms with Crippen molar-refractivity contribution in [3.63, 3.8) is 0 Å². The molecule has 2 aromatic carbocycles. The van der Waals surface area contributed by atoms with Gasteiger partial charge in [0.15, 0.2) is 0 Å². The lowest BCUT2D eigenvalue weighted by Crippen LogP contribution is -1.93. The second kappa shape index (κ2) is 3.77. The molecule has 0 saturated carbocycles. The van der Waals surface area contributed by atoms with E-state index >= 15 is 0 Å². The van der Waals surface area contributed by atoms with Gasteiger partial charge >= 0.3 is 0 Å². The molecule has 0 radical (unpaired) electrons. The molecule has 1 nitrogen and oxygen atoms in total. The molecule has 3 rings (SSSR count). The van der Waals surface area contributed by atoms with Crippen LogP contribution in [0, 0.1) is 13.8 Å². The van der Waals surface area contributed by atoms with Crippen LogP contribution in [-0.2, 0) is 0 Å². The molecule has 1 heteroatoms. The molecule has 17 heavy (non-hydrogen) atoms. The summed E-state index contributed by atoms with van der Waals surface area (Å²) in [5, 5.41) is 3.49. The van der Waals surface area contributed by atoms with Crippen LogP contribution in [-0.4, -0.2) is 0 Å². The van der Waals surface area contributed by atoms with Gasteiger partial charge in [0.25, 0.3) is 0 Å². The first-order valence-corrected chi connectivity index (χ1v) is 5.89. The lowest BCUT2D eigenvalue weighted by Gasteiger charge is -2.10. The largest absolute Gasteiger partial charge is 0.355 e. The molecule has 0 aromatic heterocycles. The molecular formula is C16H15N. The molecule has 1 heterocycles. The zero-order valence-electron chi connectivity index (χ0n) is 10.1. The van der Waals surface area contributed by atoms with Gasteiger partial charge in [-0.15, -0.1) is 0 Å². The van der Waals surface area contributed by atoms with Crippen LogP contribution < -0.4 is 5.32 Å². The number of hydrogen-bond acceptors (Lipinski definition) is 1. The van der Waals surface area contributed by atoms with Crippen molar-refractivity contribution in [2.45, 2.75) is 13.8 Å². The van der Waals surface area contributed by atoms with E-state index in [1.165, 1.54) is 33.6 Å². The van der Waals surface area contributed by atoms with Crippen LogP contribution in [0.15, 0.2) is 36.4 Å². The van der Waals surface area contributed by atoms with Crippen LogP contribution in [0.1, 0.15) is 22.3 Å². The molecule has 84 valence electrons. The second-order valence-electron chi connectivity index (χ2n) is 4.64. The van der Waals surface area contributed by atoms with Crippen molar-refractivity contribution in [1.82, 2.24) is 0 Å². The number of fused-ring (bicyclic) bond motifs is 2. The summed E-state index contributed by atoms with van der Waals surface area (Å²) < 4.78 is 0. The Kier molecular flexibility index (Phi) is 2.25. The highest BCUT2D eigenvalue weighted by molar-refractivity contribution is 5.87.